The highest BCUT2D eigenvalue weighted by Gasteiger charge is 2.03. The predicted molar refractivity (Wildman–Crippen MR) is 47.0 cm³/mol. The molecule has 1 heterocycles. The van der Waals surface area contributed by atoms with Crippen molar-refractivity contribution in [3.05, 3.63) is 9.48 Å². The highest BCUT2D eigenvalue weighted by molar-refractivity contribution is 9.11. The Morgan fingerprint density at radius 2 is 2.50 bits per heavy atom. The van der Waals surface area contributed by atoms with Crippen molar-refractivity contribution in [2.45, 2.75) is 6.54 Å². The average Bonchev–Trinajstić information content (AvgIpc) is 2.13. The largest absolute Gasteiger partial charge is 0.375 e. The molecule has 0 fully saturated rings. The summed E-state index contributed by atoms with van der Waals surface area (Å²) in [7, 11) is 1.88. The van der Waals surface area contributed by atoms with E-state index in [1.165, 1.54) is 11.3 Å². The number of anilines is 1. The van der Waals surface area contributed by atoms with Gasteiger partial charge in [0.2, 0.25) is 0 Å². The molecule has 0 aliphatic carbocycles. The minimum Gasteiger partial charge on any atom is -0.375 e. The van der Waals surface area contributed by atoms with Crippen molar-refractivity contribution in [2.24, 2.45) is 0 Å². The number of nitrogens with one attached hydrogen (secondary N) is 1. The van der Waals surface area contributed by atoms with Gasteiger partial charge in [-0.15, -0.1) is 0 Å². The number of halogens is 1. The van der Waals surface area contributed by atoms with Crippen LogP contribution in [0.15, 0.2) is 3.79 Å². The van der Waals surface area contributed by atoms with Crippen molar-refractivity contribution in [1.82, 2.24) is 10.3 Å². The number of hydrogen-bond donors (Lipinski definition) is 2. The molecule has 0 saturated carbocycles. The molecule has 0 aliphatic rings. The molecule has 0 atom stereocenters. The highest BCUT2D eigenvalue weighted by atomic mass is 79.9. The van der Waals surface area contributed by atoms with E-state index in [1.54, 1.807) is 0 Å². The van der Waals surface area contributed by atoms with E-state index in [2.05, 4.69) is 26.2 Å². The summed E-state index contributed by atoms with van der Waals surface area (Å²) in [4.78, 5) is 4.09. The van der Waals surface area contributed by atoms with Crippen LogP contribution in [0.1, 0.15) is 5.69 Å². The molecule has 56 valence electrons. The molecule has 3 N–H and O–H groups in total. The van der Waals surface area contributed by atoms with Crippen molar-refractivity contribution in [3.63, 3.8) is 0 Å². The molecular formula is C5H8BrN3S. The van der Waals surface area contributed by atoms with Gasteiger partial charge in [-0.05, 0) is 23.0 Å². The van der Waals surface area contributed by atoms with E-state index in [-0.39, 0.29) is 0 Å². The first-order valence-electron chi connectivity index (χ1n) is 2.79. The average molecular weight is 222 g/mol. The minimum atomic E-state index is 0.608. The smallest absolute Gasteiger partial charge is 0.181 e. The van der Waals surface area contributed by atoms with E-state index in [0.29, 0.717) is 5.13 Å². The van der Waals surface area contributed by atoms with Gasteiger partial charge in [-0.1, -0.05) is 11.3 Å². The molecule has 0 saturated heterocycles. The maximum Gasteiger partial charge on any atom is 0.181 e. The molecule has 10 heavy (non-hydrogen) atoms. The van der Waals surface area contributed by atoms with Crippen molar-refractivity contribution >= 4 is 32.4 Å². The molecule has 3 nitrogen and oxygen atoms in total. The van der Waals surface area contributed by atoms with Crippen molar-refractivity contribution in [1.29, 1.82) is 0 Å². The summed E-state index contributed by atoms with van der Waals surface area (Å²) in [6.45, 7) is 0.758. The van der Waals surface area contributed by atoms with Gasteiger partial charge in [-0.25, -0.2) is 4.98 Å². The first-order valence-corrected chi connectivity index (χ1v) is 4.40. The van der Waals surface area contributed by atoms with Gasteiger partial charge in [-0.3, -0.25) is 0 Å². The lowest BCUT2D eigenvalue weighted by molar-refractivity contribution is 0.795. The second kappa shape index (κ2) is 3.32. The maximum atomic E-state index is 5.46. The van der Waals surface area contributed by atoms with Crippen LogP contribution < -0.4 is 11.1 Å². The van der Waals surface area contributed by atoms with E-state index < -0.39 is 0 Å². The van der Waals surface area contributed by atoms with Gasteiger partial charge in [0.05, 0.1) is 9.48 Å². The molecule has 0 spiro atoms. The van der Waals surface area contributed by atoms with Crippen LogP contribution in [0.5, 0.6) is 0 Å². The number of nitrogens with two attached hydrogens (primary N) is 1. The normalized spacial score (nSPS) is 10.2. The van der Waals surface area contributed by atoms with Gasteiger partial charge in [0.15, 0.2) is 5.13 Å². The Kier molecular flexibility index (Phi) is 2.64. The Hall–Kier alpha value is -0.130. The number of aromatic nitrogens is 1. The Morgan fingerprint density at radius 3 is 2.90 bits per heavy atom. The van der Waals surface area contributed by atoms with E-state index in [4.69, 9.17) is 5.73 Å². The Labute approximate surface area is 71.8 Å². The predicted octanol–water partition coefficient (Wildman–Crippen LogP) is 1.21. The monoisotopic (exact) mass is 221 g/mol. The molecule has 0 bridgehead atoms. The van der Waals surface area contributed by atoms with Crippen LogP contribution in [0.2, 0.25) is 0 Å². The number of nitrogens with zero attached hydrogens (tertiary/aromatic N) is 1. The number of thiazole rings is 1. The summed E-state index contributed by atoms with van der Waals surface area (Å²) in [6.07, 6.45) is 0. The number of rotatable bonds is 2. The third-order valence-corrected chi connectivity index (χ3v) is 2.67. The fourth-order valence-electron chi connectivity index (χ4n) is 0.627. The number of hydrogen-bond acceptors (Lipinski definition) is 4. The Morgan fingerprint density at radius 1 is 1.80 bits per heavy atom. The standard InChI is InChI=1S/C5H8BrN3S/c1-8-2-3-4(6)10-5(7)9-3/h8H,2H2,1H3,(H2,7,9). The highest BCUT2D eigenvalue weighted by Crippen LogP contribution is 2.25. The van der Waals surface area contributed by atoms with Crippen LogP contribution in [-0.2, 0) is 6.54 Å². The zero-order valence-corrected chi connectivity index (χ0v) is 7.92. The second-order valence-electron chi connectivity index (χ2n) is 1.80. The molecule has 5 heteroatoms. The minimum absolute atomic E-state index is 0.608. The van der Waals surface area contributed by atoms with Crippen molar-refractivity contribution < 1.29 is 0 Å². The Bertz CT molecular complexity index is 223. The first kappa shape index (κ1) is 7.97. The lowest BCUT2D eigenvalue weighted by Crippen LogP contribution is -2.05. The maximum absolute atomic E-state index is 5.46. The molecule has 1 aromatic heterocycles. The van der Waals surface area contributed by atoms with Gasteiger partial charge in [0.25, 0.3) is 0 Å². The van der Waals surface area contributed by atoms with Crippen LogP contribution >= 0.6 is 27.3 Å². The van der Waals surface area contributed by atoms with E-state index in [0.717, 1.165) is 16.0 Å². The van der Waals surface area contributed by atoms with Crippen molar-refractivity contribution in [2.75, 3.05) is 12.8 Å². The molecule has 0 aliphatic heterocycles. The number of nitrogen functional groups attached to an aromatic ring is 1. The van der Waals surface area contributed by atoms with Gasteiger partial charge in [0.1, 0.15) is 0 Å². The van der Waals surface area contributed by atoms with E-state index in [1.807, 2.05) is 7.05 Å². The summed E-state index contributed by atoms with van der Waals surface area (Å²) < 4.78 is 1.01. The molecule has 0 unspecified atom stereocenters. The zero-order valence-electron chi connectivity index (χ0n) is 5.52. The van der Waals surface area contributed by atoms with E-state index in [9.17, 15) is 0 Å². The van der Waals surface area contributed by atoms with Gasteiger partial charge in [-0.2, -0.15) is 0 Å². The van der Waals surface area contributed by atoms with Crippen LogP contribution in [-0.4, -0.2) is 12.0 Å². The molecule has 1 aromatic rings. The fourth-order valence-corrected chi connectivity index (χ4v) is 1.93. The third kappa shape index (κ3) is 1.68. The fraction of sp³-hybridized carbons (Fsp3) is 0.400. The molecular weight excluding hydrogens is 214 g/mol. The van der Waals surface area contributed by atoms with Crippen LogP contribution in [0.4, 0.5) is 5.13 Å². The quantitative estimate of drug-likeness (QED) is 0.790. The summed E-state index contributed by atoms with van der Waals surface area (Å²) >= 11 is 4.81. The first-order chi connectivity index (χ1) is 4.74. The summed E-state index contributed by atoms with van der Waals surface area (Å²) in [5.74, 6) is 0. The zero-order chi connectivity index (χ0) is 7.56. The van der Waals surface area contributed by atoms with Crippen LogP contribution in [0.25, 0.3) is 0 Å². The molecule has 1 rings (SSSR count). The summed E-state index contributed by atoms with van der Waals surface area (Å²) in [5, 5.41) is 3.61. The van der Waals surface area contributed by atoms with Gasteiger partial charge >= 0.3 is 0 Å². The molecule has 0 radical (unpaired) electrons. The topological polar surface area (TPSA) is 50.9 Å². The molecule has 0 aromatic carbocycles. The van der Waals surface area contributed by atoms with Crippen LogP contribution in [0.3, 0.4) is 0 Å². The van der Waals surface area contributed by atoms with Gasteiger partial charge < -0.3 is 11.1 Å². The summed E-state index contributed by atoms with van der Waals surface area (Å²) in [6, 6.07) is 0. The van der Waals surface area contributed by atoms with Gasteiger partial charge in [0, 0.05) is 6.54 Å². The molecule has 0 amide bonds. The van der Waals surface area contributed by atoms with Crippen molar-refractivity contribution in [3.8, 4) is 0 Å². The second-order valence-corrected chi connectivity index (χ2v) is 4.15. The summed E-state index contributed by atoms with van der Waals surface area (Å²) in [5.41, 5.74) is 6.44. The Balaban J connectivity index is 2.81. The SMILES string of the molecule is CNCc1nc(N)sc1Br. The lowest BCUT2D eigenvalue weighted by atomic mass is 10.5. The van der Waals surface area contributed by atoms with Crippen LogP contribution in [0, 0.1) is 0 Å². The van der Waals surface area contributed by atoms with E-state index >= 15 is 0 Å². The lowest BCUT2D eigenvalue weighted by Gasteiger charge is -1.91. The third-order valence-electron chi connectivity index (χ3n) is 1.01.